The van der Waals surface area contributed by atoms with Crippen molar-refractivity contribution < 1.29 is 0 Å². The molecule has 0 aromatic rings. The van der Waals surface area contributed by atoms with E-state index >= 15 is 0 Å². The fourth-order valence-electron chi connectivity index (χ4n) is 0.346. The second kappa shape index (κ2) is 4.78. The summed E-state index contributed by atoms with van der Waals surface area (Å²) in [6.07, 6.45) is 6.26. The monoisotopic (exact) mass is 218 g/mol. The van der Waals surface area contributed by atoms with Crippen molar-refractivity contribution in [2.45, 2.75) is 0 Å². The molecular formula is C5H6SSn. The maximum absolute atomic E-state index is 2.14. The van der Waals surface area contributed by atoms with Crippen LogP contribution in [0.4, 0.5) is 0 Å². The zero-order valence-corrected chi connectivity index (χ0v) is 7.60. The number of thioether (sulfide) groups is 1. The quantitative estimate of drug-likeness (QED) is 0.553. The molecule has 0 spiro atoms. The van der Waals surface area contributed by atoms with Crippen molar-refractivity contribution in [3.63, 3.8) is 0 Å². The zero-order valence-electron chi connectivity index (χ0n) is 3.92. The Morgan fingerprint density at radius 3 is 2.29 bits per heavy atom. The molecule has 0 saturated carbocycles. The summed E-state index contributed by atoms with van der Waals surface area (Å²) >= 11 is 1.83. The topological polar surface area (TPSA) is 0 Å². The maximum atomic E-state index is 2.14. The minimum Gasteiger partial charge on any atom is -0.130 e. The molecule has 0 N–H and O–H groups in total. The molecule has 0 aromatic carbocycles. The summed E-state index contributed by atoms with van der Waals surface area (Å²) in [6.45, 7) is 0. The van der Waals surface area contributed by atoms with Crippen molar-refractivity contribution in [2.75, 3.05) is 5.75 Å². The van der Waals surface area contributed by atoms with Gasteiger partial charge in [-0.2, -0.15) is 0 Å². The summed E-state index contributed by atoms with van der Waals surface area (Å²) in [5.74, 6) is 1.15. The van der Waals surface area contributed by atoms with Crippen LogP contribution in [0.1, 0.15) is 0 Å². The minimum absolute atomic E-state index is 0. The number of allylic oxidation sites excluding steroid dienone is 2. The molecule has 4 radical (unpaired) electrons. The van der Waals surface area contributed by atoms with Gasteiger partial charge in [0.2, 0.25) is 0 Å². The summed E-state index contributed by atoms with van der Waals surface area (Å²) in [5.41, 5.74) is 0. The van der Waals surface area contributed by atoms with E-state index in [4.69, 9.17) is 0 Å². The smallest absolute Gasteiger partial charge is 0.0157 e. The summed E-state index contributed by atoms with van der Waals surface area (Å²) in [6, 6.07) is 0. The molecule has 0 unspecified atom stereocenters. The second-order valence-corrected chi connectivity index (χ2v) is 2.03. The van der Waals surface area contributed by atoms with E-state index in [1.165, 1.54) is 0 Å². The van der Waals surface area contributed by atoms with Crippen LogP contribution in [0.3, 0.4) is 0 Å². The van der Waals surface area contributed by atoms with Crippen molar-refractivity contribution >= 4 is 35.7 Å². The molecule has 2 heteroatoms. The van der Waals surface area contributed by atoms with Crippen LogP contribution in [0, 0.1) is 0 Å². The van der Waals surface area contributed by atoms with Gasteiger partial charge in [0, 0.05) is 29.7 Å². The van der Waals surface area contributed by atoms with E-state index < -0.39 is 0 Å². The van der Waals surface area contributed by atoms with Gasteiger partial charge in [-0.3, -0.25) is 0 Å². The Kier molecular flexibility index (Phi) is 5.21. The largest absolute Gasteiger partial charge is 0.130 e. The summed E-state index contributed by atoms with van der Waals surface area (Å²) < 4.78 is 0. The molecular weight excluding hydrogens is 211 g/mol. The van der Waals surface area contributed by atoms with E-state index in [0.717, 1.165) is 5.75 Å². The number of rotatable bonds is 0. The average Bonchev–Trinajstić information content (AvgIpc) is 1.72. The Bertz CT molecular complexity index is 74.1. The van der Waals surface area contributed by atoms with Gasteiger partial charge >= 0.3 is 0 Å². The van der Waals surface area contributed by atoms with Gasteiger partial charge in [-0.05, 0) is 5.41 Å². The SMILES string of the molecule is C1=CCSC=C1.[Sn]. The molecule has 0 atom stereocenters. The van der Waals surface area contributed by atoms with E-state index in [2.05, 4.69) is 17.6 Å². The Balaban J connectivity index is 0.000000360. The summed E-state index contributed by atoms with van der Waals surface area (Å²) in [7, 11) is 0. The molecule has 0 fully saturated rings. The molecule has 0 aromatic heterocycles. The van der Waals surface area contributed by atoms with E-state index in [0.29, 0.717) is 0 Å². The van der Waals surface area contributed by atoms with E-state index in [-0.39, 0.29) is 23.9 Å². The van der Waals surface area contributed by atoms with Crippen LogP contribution in [-0.2, 0) is 0 Å². The fourth-order valence-corrected chi connectivity index (χ4v) is 0.881. The minimum atomic E-state index is 0. The number of hydrogen-bond donors (Lipinski definition) is 0. The predicted octanol–water partition coefficient (Wildman–Crippen LogP) is 1.42. The number of hydrogen-bond acceptors (Lipinski definition) is 1. The summed E-state index contributed by atoms with van der Waals surface area (Å²) in [4.78, 5) is 0. The van der Waals surface area contributed by atoms with Crippen molar-refractivity contribution in [1.29, 1.82) is 0 Å². The normalized spacial score (nSPS) is 16.0. The van der Waals surface area contributed by atoms with E-state index in [1.807, 2.05) is 17.8 Å². The van der Waals surface area contributed by atoms with Gasteiger partial charge < -0.3 is 0 Å². The Morgan fingerprint density at radius 2 is 2.14 bits per heavy atom. The maximum Gasteiger partial charge on any atom is 0.0157 e. The molecule has 0 bridgehead atoms. The van der Waals surface area contributed by atoms with Crippen molar-refractivity contribution in [3.05, 3.63) is 23.6 Å². The van der Waals surface area contributed by atoms with Gasteiger partial charge in [-0.25, -0.2) is 0 Å². The molecule has 7 heavy (non-hydrogen) atoms. The molecule has 1 heterocycles. The van der Waals surface area contributed by atoms with Crippen LogP contribution in [0.25, 0.3) is 0 Å². The van der Waals surface area contributed by atoms with Crippen LogP contribution in [-0.4, -0.2) is 29.7 Å². The molecule has 1 aliphatic heterocycles. The molecule has 0 saturated heterocycles. The van der Waals surface area contributed by atoms with Crippen LogP contribution in [0.15, 0.2) is 23.6 Å². The first-order chi connectivity index (χ1) is 3.00. The van der Waals surface area contributed by atoms with Crippen molar-refractivity contribution in [3.8, 4) is 0 Å². The first-order valence-electron chi connectivity index (χ1n) is 1.93. The van der Waals surface area contributed by atoms with Crippen molar-refractivity contribution in [2.24, 2.45) is 0 Å². The third kappa shape index (κ3) is 3.23. The third-order valence-corrected chi connectivity index (χ3v) is 1.35. The first-order valence-corrected chi connectivity index (χ1v) is 2.98. The van der Waals surface area contributed by atoms with Crippen LogP contribution >= 0.6 is 11.8 Å². The van der Waals surface area contributed by atoms with Crippen LogP contribution in [0.5, 0.6) is 0 Å². The first kappa shape index (κ1) is 7.63. The van der Waals surface area contributed by atoms with Gasteiger partial charge in [0.05, 0.1) is 0 Å². The van der Waals surface area contributed by atoms with Gasteiger partial charge in [0.15, 0.2) is 0 Å². The zero-order chi connectivity index (χ0) is 4.24. The molecule has 0 aliphatic carbocycles. The van der Waals surface area contributed by atoms with Gasteiger partial charge in [-0.1, -0.05) is 18.2 Å². The van der Waals surface area contributed by atoms with E-state index in [1.54, 1.807) is 0 Å². The molecule has 1 aliphatic rings. The molecule has 36 valence electrons. The Labute approximate surface area is 65.0 Å². The Hall–Kier alpha value is 0.629. The molecule has 0 amide bonds. The second-order valence-electron chi connectivity index (χ2n) is 1.09. The predicted molar refractivity (Wildman–Crippen MR) is 36.5 cm³/mol. The Morgan fingerprint density at radius 1 is 1.29 bits per heavy atom. The fraction of sp³-hybridized carbons (Fsp3) is 0.200. The average molecular weight is 217 g/mol. The van der Waals surface area contributed by atoms with Crippen LogP contribution in [0.2, 0.25) is 0 Å². The molecule has 0 nitrogen and oxygen atoms in total. The van der Waals surface area contributed by atoms with Crippen LogP contribution < -0.4 is 0 Å². The molecule has 1 rings (SSSR count). The van der Waals surface area contributed by atoms with Gasteiger partial charge in [-0.15, -0.1) is 11.8 Å². The van der Waals surface area contributed by atoms with Gasteiger partial charge in [0.1, 0.15) is 0 Å². The third-order valence-electron chi connectivity index (χ3n) is 0.614. The standard InChI is InChI=1S/C5H6S.Sn/c1-2-4-6-5-3-1;/h1-4H,5H2;. The van der Waals surface area contributed by atoms with E-state index in [9.17, 15) is 0 Å². The van der Waals surface area contributed by atoms with Gasteiger partial charge in [0.25, 0.3) is 0 Å². The summed E-state index contributed by atoms with van der Waals surface area (Å²) in [5, 5.41) is 2.10. The van der Waals surface area contributed by atoms with Crippen molar-refractivity contribution in [1.82, 2.24) is 0 Å².